The number of nitrogens with one attached hydrogen (secondary N) is 1. The van der Waals surface area contributed by atoms with Crippen molar-refractivity contribution < 1.29 is 4.74 Å². The van der Waals surface area contributed by atoms with Crippen molar-refractivity contribution in [1.29, 1.82) is 0 Å². The fraction of sp³-hybridized carbons (Fsp3) is 0.625. The maximum absolute atomic E-state index is 5.92. The molecule has 1 heterocycles. The molecule has 0 amide bonds. The molecule has 19 heavy (non-hydrogen) atoms. The second kappa shape index (κ2) is 6.51. The third kappa shape index (κ3) is 4.94. The lowest BCUT2D eigenvalue weighted by molar-refractivity contribution is -0.128. The summed E-state index contributed by atoms with van der Waals surface area (Å²) in [6.45, 7) is 11.6. The highest BCUT2D eigenvalue weighted by molar-refractivity contribution is 5.14. The van der Waals surface area contributed by atoms with Crippen LogP contribution < -0.4 is 5.32 Å². The first kappa shape index (κ1) is 14.5. The second-order valence-electron chi connectivity index (χ2n) is 6.09. The van der Waals surface area contributed by atoms with Crippen molar-refractivity contribution in [2.45, 2.75) is 39.0 Å². The second-order valence-corrected chi connectivity index (χ2v) is 6.09. The lowest BCUT2D eigenvalue weighted by atomic mass is 10.1. The predicted octanol–water partition coefficient (Wildman–Crippen LogP) is 2.28. The van der Waals surface area contributed by atoms with Gasteiger partial charge in [-0.05, 0) is 26.3 Å². The van der Waals surface area contributed by atoms with E-state index in [9.17, 15) is 0 Å². The van der Waals surface area contributed by atoms with E-state index >= 15 is 0 Å². The highest BCUT2D eigenvalue weighted by Crippen LogP contribution is 2.20. The van der Waals surface area contributed by atoms with Gasteiger partial charge in [0.15, 0.2) is 0 Å². The van der Waals surface area contributed by atoms with E-state index in [0.29, 0.717) is 6.10 Å². The average Bonchev–Trinajstić information content (AvgIpc) is 2.33. The van der Waals surface area contributed by atoms with E-state index in [1.165, 1.54) is 5.56 Å². The minimum absolute atomic E-state index is 0.0168. The highest BCUT2D eigenvalue weighted by atomic mass is 16.5. The van der Waals surface area contributed by atoms with Crippen LogP contribution in [0, 0.1) is 0 Å². The molecule has 0 radical (unpaired) electrons. The Morgan fingerprint density at radius 1 is 1.32 bits per heavy atom. The number of ether oxygens (including phenoxy) is 1. The molecule has 1 atom stereocenters. The largest absolute Gasteiger partial charge is 0.370 e. The Kier molecular flexibility index (Phi) is 4.97. The van der Waals surface area contributed by atoms with Gasteiger partial charge in [-0.1, -0.05) is 30.3 Å². The Hall–Kier alpha value is -0.900. The zero-order chi connectivity index (χ0) is 13.7. The Labute approximate surface area is 116 Å². The fourth-order valence-corrected chi connectivity index (χ4v) is 2.82. The predicted molar refractivity (Wildman–Crippen MR) is 79.2 cm³/mol. The van der Waals surface area contributed by atoms with Crippen LogP contribution in [0.4, 0.5) is 0 Å². The van der Waals surface area contributed by atoms with E-state index in [0.717, 1.165) is 32.7 Å². The summed E-state index contributed by atoms with van der Waals surface area (Å²) in [6.07, 6.45) is 0.331. The molecule has 1 unspecified atom stereocenters. The zero-order valence-corrected chi connectivity index (χ0v) is 12.4. The van der Waals surface area contributed by atoms with E-state index in [2.05, 4.69) is 61.3 Å². The third-order valence-electron chi connectivity index (χ3n) is 3.42. The van der Waals surface area contributed by atoms with Gasteiger partial charge in [-0.2, -0.15) is 0 Å². The first-order chi connectivity index (χ1) is 9.05. The molecule has 2 rings (SSSR count). The highest BCUT2D eigenvalue weighted by Gasteiger charge is 2.30. The topological polar surface area (TPSA) is 24.5 Å². The molecule has 0 aromatic heterocycles. The molecular weight excluding hydrogens is 236 g/mol. The van der Waals surface area contributed by atoms with Crippen molar-refractivity contribution in [2.75, 3.05) is 26.2 Å². The van der Waals surface area contributed by atoms with Gasteiger partial charge in [0, 0.05) is 32.7 Å². The Morgan fingerprint density at radius 3 is 2.74 bits per heavy atom. The van der Waals surface area contributed by atoms with Crippen LogP contribution in [0.2, 0.25) is 0 Å². The van der Waals surface area contributed by atoms with Gasteiger partial charge >= 0.3 is 0 Å². The Morgan fingerprint density at radius 2 is 2.05 bits per heavy atom. The summed E-state index contributed by atoms with van der Waals surface area (Å²) in [6, 6.07) is 10.5. The van der Waals surface area contributed by atoms with Crippen LogP contribution in [0.5, 0.6) is 0 Å². The molecule has 1 aliphatic rings. The van der Waals surface area contributed by atoms with Gasteiger partial charge in [0.1, 0.15) is 0 Å². The van der Waals surface area contributed by atoms with Gasteiger partial charge in [0.05, 0.1) is 11.7 Å². The van der Waals surface area contributed by atoms with Gasteiger partial charge in [0.2, 0.25) is 0 Å². The number of morpholine rings is 1. The molecule has 3 heteroatoms. The van der Waals surface area contributed by atoms with E-state index in [1.54, 1.807) is 0 Å². The normalized spacial score (nSPS) is 23.4. The lowest BCUT2D eigenvalue weighted by Gasteiger charge is -2.41. The zero-order valence-electron chi connectivity index (χ0n) is 12.4. The molecule has 0 saturated carbocycles. The summed E-state index contributed by atoms with van der Waals surface area (Å²) < 4.78 is 5.92. The standard InChI is InChI=1S/C16H26N2O/c1-14-12-18(13-16(2,3)19-14)10-9-17-11-15-7-5-4-6-8-15/h4-8,14,17H,9-13H2,1-3H3. The number of rotatable bonds is 5. The summed E-state index contributed by atoms with van der Waals surface area (Å²) in [7, 11) is 0. The third-order valence-corrected chi connectivity index (χ3v) is 3.42. The smallest absolute Gasteiger partial charge is 0.0757 e. The molecule has 0 spiro atoms. The minimum Gasteiger partial charge on any atom is -0.370 e. The molecule has 3 nitrogen and oxygen atoms in total. The van der Waals surface area contributed by atoms with Gasteiger partial charge in [-0.3, -0.25) is 4.90 Å². The minimum atomic E-state index is -0.0168. The van der Waals surface area contributed by atoms with Crippen molar-refractivity contribution in [3.8, 4) is 0 Å². The van der Waals surface area contributed by atoms with Crippen molar-refractivity contribution in [3.63, 3.8) is 0 Å². The summed E-state index contributed by atoms with van der Waals surface area (Å²) in [5.41, 5.74) is 1.33. The molecule has 106 valence electrons. The molecule has 1 aliphatic heterocycles. The maximum Gasteiger partial charge on any atom is 0.0757 e. The number of nitrogens with zero attached hydrogens (tertiary/aromatic N) is 1. The molecule has 1 aromatic rings. The van der Waals surface area contributed by atoms with E-state index in [4.69, 9.17) is 4.74 Å². The van der Waals surface area contributed by atoms with Gasteiger partial charge < -0.3 is 10.1 Å². The van der Waals surface area contributed by atoms with Crippen molar-refractivity contribution >= 4 is 0 Å². The van der Waals surface area contributed by atoms with E-state index < -0.39 is 0 Å². The summed E-state index contributed by atoms with van der Waals surface area (Å²) >= 11 is 0. The van der Waals surface area contributed by atoms with Crippen LogP contribution >= 0.6 is 0 Å². The van der Waals surface area contributed by atoms with Gasteiger partial charge in [-0.25, -0.2) is 0 Å². The van der Waals surface area contributed by atoms with Crippen molar-refractivity contribution in [1.82, 2.24) is 10.2 Å². The Bertz CT molecular complexity index is 378. The van der Waals surface area contributed by atoms with Crippen LogP contribution in [-0.4, -0.2) is 42.8 Å². The number of hydrogen-bond donors (Lipinski definition) is 1. The average molecular weight is 262 g/mol. The van der Waals surface area contributed by atoms with Crippen LogP contribution in [0.15, 0.2) is 30.3 Å². The SMILES string of the molecule is CC1CN(CCNCc2ccccc2)CC(C)(C)O1. The molecule has 1 fully saturated rings. The summed E-state index contributed by atoms with van der Waals surface area (Å²) in [4.78, 5) is 2.49. The quantitative estimate of drug-likeness (QED) is 0.824. The van der Waals surface area contributed by atoms with Crippen LogP contribution in [0.25, 0.3) is 0 Å². The molecule has 1 saturated heterocycles. The van der Waals surface area contributed by atoms with E-state index in [-0.39, 0.29) is 5.60 Å². The molecule has 0 aliphatic carbocycles. The van der Waals surface area contributed by atoms with E-state index in [1.807, 2.05) is 0 Å². The van der Waals surface area contributed by atoms with Crippen LogP contribution in [0.3, 0.4) is 0 Å². The van der Waals surface area contributed by atoms with Crippen LogP contribution in [0.1, 0.15) is 26.3 Å². The molecular formula is C16H26N2O. The Balaban J connectivity index is 1.68. The molecule has 1 aromatic carbocycles. The van der Waals surface area contributed by atoms with Crippen molar-refractivity contribution in [2.24, 2.45) is 0 Å². The maximum atomic E-state index is 5.92. The monoisotopic (exact) mass is 262 g/mol. The number of hydrogen-bond acceptors (Lipinski definition) is 3. The van der Waals surface area contributed by atoms with Gasteiger partial charge in [-0.15, -0.1) is 0 Å². The van der Waals surface area contributed by atoms with Crippen molar-refractivity contribution in [3.05, 3.63) is 35.9 Å². The van der Waals surface area contributed by atoms with Crippen LogP contribution in [-0.2, 0) is 11.3 Å². The number of benzene rings is 1. The lowest BCUT2D eigenvalue weighted by Crippen LogP contribution is -2.53. The molecule has 0 bridgehead atoms. The van der Waals surface area contributed by atoms with Gasteiger partial charge in [0.25, 0.3) is 0 Å². The fourth-order valence-electron chi connectivity index (χ4n) is 2.82. The first-order valence-electron chi connectivity index (χ1n) is 7.20. The summed E-state index contributed by atoms with van der Waals surface area (Å²) in [5.74, 6) is 0. The molecule has 1 N–H and O–H groups in total. The summed E-state index contributed by atoms with van der Waals surface area (Å²) in [5, 5.41) is 3.51. The first-order valence-corrected chi connectivity index (χ1v) is 7.20.